The molecule has 0 fully saturated rings. The molecule has 2 heteroatoms. The van der Waals surface area contributed by atoms with Crippen molar-refractivity contribution in [1.29, 1.82) is 0 Å². The Morgan fingerprint density at radius 1 is 0.897 bits per heavy atom. The molecule has 148 valence electrons. The van der Waals surface area contributed by atoms with Gasteiger partial charge in [-0.05, 0) is 74.3 Å². The Labute approximate surface area is 174 Å². The zero-order chi connectivity index (χ0) is 19.8. The molecule has 0 amide bonds. The number of anilines is 2. The van der Waals surface area contributed by atoms with Crippen LogP contribution in [0.1, 0.15) is 45.4 Å². The molecule has 1 aliphatic heterocycles. The molecule has 1 atom stereocenters. The first-order chi connectivity index (χ1) is 14.3. The van der Waals surface area contributed by atoms with E-state index in [1.54, 1.807) is 5.57 Å². The average molecular weight is 383 g/mol. The summed E-state index contributed by atoms with van der Waals surface area (Å²) in [5, 5.41) is 0. The second kappa shape index (κ2) is 7.59. The smallest absolute Gasteiger partial charge is 0.103 e. The quantitative estimate of drug-likeness (QED) is 0.566. The first-order valence-electron chi connectivity index (χ1n) is 11.0. The van der Waals surface area contributed by atoms with Crippen molar-refractivity contribution in [3.05, 3.63) is 94.8 Å². The molecular formula is C27H30N2. The summed E-state index contributed by atoms with van der Waals surface area (Å²) in [5.74, 6) is 0. The molecule has 5 rings (SSSR count). The fourth-order valence-corrected chi connectivity index (χ4v) is 5.10. The maximum Gasteiger partial charge on any atom is 0.103 e. The molecule has 1 unspecified atom stereocenters. The molecule has 3 aliphatic carbocycles. The van der Waals surface area contributed by atoms with Gasteiger partial charge in [-0.15, -0.1) is 0 Å². The van der Waals surface area contributed by atoms with E-state index < -0.39 is 0 Å². The lowest BCUT2D eigenvalue weighted by Crippen LogP contribution is -2.40. The molecule has 0 spiro atoms. The Morgan fingerprint density at radius 3 is 2.52 bits per heavy atom. The maximum absolute atomic E-state index is 2.60. The molecular weight excluding hydrogens is 352 g/mol. The third kappa shape index (κ3) is 3.11. The number of nitrogens with zero attached hydrogens (tertiary/aromatic N) is 2. The summed E-state index contributed by atoms with van der Waals surface area (Å²) < 4.78 is 0. The lowest BCUT2D eigenvalue weighted by molar-refractivity contribution is 0.700. The van der Waals surface area contributed by atoms with Crippen molar-refractivity contribution in [2.75, 3.05) is 16.8 Å². The van der Waals surface area contributed by atoms with Gasteiger partial charge in [-0.3, -0.25) is 0 Å². The second-order valence-electron chi connectivity index (χ2n) is 8.38. The number of benzene rings is 1. The van der Waals surface area contributed by atoms with Crippen molar-refractivity contribution in [2.45, 2.75) is 51.6 Å². The van der Waals surface area contributed by atoms with Gasteiger partial charge in [0.1, 0.15) is 6.17 Å². The zero-order valence-electron chi connectivity index (χ0n) is 17.6. The van der Waals surface area contributed by atoms with Crippen LogP contribution in [0.15, 0.2) is 94.8 Å². The summed E-state index contributed by atoms with van der Waals surface area (Å²) in [6, 6.07) is 8.86. The van der Waals surface area contributed by atoms with Crippen LogP contribution >= 0.6 is 0 Å². The molecule has 0 radical (unpaired) electrons. The van der Waals surface area contributed by atoms with Gasteiger partial charge in [0.25, 0.3) is 0 Å². The van der Waals surface area contributed by atoms with Crippen molar-refractivity contribution in [3.8, 4) is 0 Å². The molecule has 2 nitrogen and oxygen atoms in total. The predicted octanol–water partition coefficient (Wildman–Crippen LogP) is 6.82. The second-order valence-corrected chi connectivity index (χ2v) is 8.38. The van der Waals surface area contributed by atoms with Gasteiger partial charge in [0.2, 0.25) is 0 Å². The van der Waals surface area contributed by atoms with E-state index in [2.05, 4.69) is 90.6 Å². The summed E-state index contributed by atoms with van der Waals surface area (Å²) >= 11 is 0. The highest BCUT2D eigenvalue weighted by Gasteiger charge is 2.36. The SMILES string of the molecule is CC1N(C)c2ccccc2N1C1=C(C2=CC=CCC2)CCC=C1C1=CCCC=C1. The molecule has 0 bridgehead atoms. The van der Waals surface area contributed by atoms with Crippen molar-refractivity contribution < 1.29 is 0 Å². The monoisotopic (exact) mass is 382 g/mol. The van der Waals surface area contributed by atoms with Gasteiger partial charge in [-0.25, -0.2) is 0 Å². The number of hydrogen-bond donors (Lipinski definition) is 0. The first kappa shape index (κ1) is 18.3. The topological polar surface area (TPSA) is 6.48 Å². The summed E-state index contributed by atoms with van der Waals surface area (Å²) in [6.45, 7) is 2.33. The Morgan fingerprint density at radius 2 is 1.76 bits per heavy atom. The minimum atomic E-state index is 0.298. The average Bonchev–Trinajstić information content (AvgIpc) is 3.04. The Hall–Kier alpha value is -2.74. The summed E-state index contributed by atoms with van der Waals surface area (Å²) in [5.41, 5.74) is 9.97. The number of rotatable bonds is 3. The number of hydrogen-bond acceptors (Lipinski definition) is 2. The van der Waals surface area contributed by atoms with E-state index in [1.165, 1.54) is 33.8 Å². The third-order valence-electron chi connectivity index (χ3n) is 6.69. The fraction of sp³-hybridized carbons (Fsp3) is 0.333. The Balaban J connectivity index is 1.71. The van der Waals surface area contributed by atoms with Gasteiger partial charge in [0.15, 0.2) is 0 Å². The van der Waals surface area contributed by atoms with Crippen LogP contribution in [0.25, 0.3) is 0 Å². The Kier molecular flexibility index (Phi) is 4.79. The lowest BCUT2D eigenvalue weighted by atomic mass is 9.83. The lowest BCUT2D eigenvalue weighted by Gasteiger charge is -2.36. The molecule has 29 heavy (non-hydrogen) atoms. The largest absolute Gasteiger partial charge is 0.353 e. The van der Waals surface area contributed by atoms with Crippen LogP contribution in [0.3, 0.4) is 0 Å². The Bertz CT molecular complexity index is 999. The molecule has 1 aromatic rings. The van der Waals surface area contributed by atoms with Crippen LogP contribution in [0.4, 0.5) is 11.4 Å². The van der Waals surface area contributed by atoms with Crippen molar-refractivity contribution in [2.24, 2.45) is 0 Å². The van der Waals surface area contributed by atoms with E-state index in [9.17, 15) is 0 Å². The fourth-order valence-electron chi connectivity index (χ4n) is 5.10. The van der Waals surface area contributed by atoms with Crippen LogP contribution in [0, 0.1) is 0 Å². The zero-order valence-corrected chi connectivity index (χ0v) is 17.6. The molecule has 4 aliphatic rings. The molecule has 0 saturated carbocycles. The predicted molar refractivity (Wildman–Crippen MR) is 124 cm³/mol. The van der Waals surface area contributed by atoms with E-state index in [1.807, 2.05) is 0 Å². The molecule has 0 aromatic heterocycles. The van der Waals surface area contributed by atoms with Gasteiger partial charge in [0, 0.05) is 12.6 Å². The van der Waals surface area contributed by atoms with Crippen LogP contribution in [0.5, 0.6) is 0 Å². The first-order valence-corrected chi connectivity index (χ1v) is 11.0. The standard InChI is InChI=1S/C27H30N2/c1-20-28(2)25-18-9-10-19-26(25)29(20)27-23(21-12-5-3-6-13-21)16-11-17-24(27)22-14-7-4-8-15-22/h3,5,7,9-10,12,14-15,17-20H,4,6,8,11,13,16H2,1-2H3. The minimum absolute atomic E-state index is 0.298. The number of fused-ring (bicyclic) bond motifs is 1. The van der Waals surface area contributed by atoms with Gasteiger partial charge < -0.3 is 9.80 Å². The van der Waals surface area contributed by atoms with Crippen molar-refractivity contribution in [1.82, 2.24) is 0 Å². The molecule has 0 N–H and O–H groups in total. The van der Waals surface area contributed by atoms with Crippen molar-refractivity contribution in [3.63, 3.8) is 0 Å². The molecule has 0 saturated heterocycles. The maximum atomic E-state index is 2.60. The van der Waals surface area contributed by atoms with Crippen LogP contribution in [-0.2, 0) is 0 Å². The van der Waals surface area contributed by atoms with Crippen molar-refractivity contribution >= 4 is 11.4 Å². The summed E-state index contributed by atoms with van der Waals surface area (Å²) in [6.07, 6.45) is 23.6. The van der Waals surface area contributed by atoms with Crippen LogP contribution in [-0.4, -0.2) is 13.2 Å². The van der Waals surface area contributed by atoms with Gasteiger partial charge in [-0.1, -0.05) is 54.7 Å². The highest BCUT2D eigenvalue weighted by molar-refractivity contribution is 5.82. The summed E-state index contributed by atoms with van der Waals surface area (Å²) in [7, 11) is 2.22. The molecule has 1 heterocycles. The van der Waals surface area contributed by atoms with Crippen LogP contribution in [0.2, 0.25) is 0 Å². The minimum Gasteiger partial charge on any atom is -0.353 e. The van der Waals surface area contributed by atoms with E-state index in [4.69, 9.17) is 0 Å². The normalized spacial score (nSPS) is 23.8. The van der Waals surface area contributed by atoms with E-state index in [0.717, 1.165) is 38.5 Å². The van der Waals surface area contributed by atoms with Gasteiger partial charge >= 0.3 is 0 Å². The molecule has 1 aromatic carbocycles. The van der Waals surface area contributed by atoms with E-state index in [0.29, 0.717) is 6.17 Å². The number of allylic oxidation sites excluding steroid dienone is 10. The number of para-hydroxylation sites is 2. The summed E-state index contributed by atoms with van der Waals surface area (Å²) in [4.78, 5) is 5.00. The van der Waals surface area contributed by atoms with Gasteiger partial charge in [-0.2, -0.15) is 0 Å². The van der Waals surface area contributed by atoms with Gasteiger partial charge in [0.05, 0.1) is 17.1 Å². The van der Waals surface area contributed by atoms with E-state index >= 15 is 0 Å². The third-order valence-corrected chi connectivity index (χ3v) is 6.69. The highest BCUT2D eigenvalue weighted by atomic mass is 15.4. The highest BCUT2D eigenvalue weighted by Crippen LogP contribution is 2.47. The van der Waals surface area contributed by atoms with E-state index in [-0.39, 0.29) is 0 Å². The van der Waals surface area contributed by atoms with Crippen LogP contribution < -0.4 is 9.80 Å².